The number of aromatic nitrogens is 1. The van der Waals surface area contributed by atoms with E-state index >= 15 is 0 Å². The average Bonchev–Trinajstić information content (AvgIpc) is 3.04. The molecule has 2 aromatic rings. The fourth-order valence-electron chi connectivity index (χ4n) is 2.66. The van der Waals surface area contributed by atoms with Crippen LogP contribution in [0.15, 0.2) is 18.2 Å². The van der Waals surface area contributed by atoms with Crippen molar-refractivity contribution in [3.63, 3.8) is 0 Å². The second-order valence-electron chi connectivity index (χ2n) is 7.45. The molecule has 0 aliphatic carbocycles. The molecule has 3 amide bonds. The maximum atomic E-state index is 12.3. The first-order valence-electron chi connectivity index (χ1n) is 9.57. The van der Waals surface area contributed by atoms with Crippen molar-refractivity contribution in [2.24, 2.45) is 11.7 Å². The summed E-state index contributed by atoms with van der Waals surface area (Å²) >= 11 is 0.959. The zero-order valence-electron chi connectivity index (χ0n) is 17.7. The summed E-state index contributed by atoms with van der Waals surface area (Å²) in [5.74, 6) is -1.68. The van der Waals surface area contributed by atoms with Crippen LogP contribution in [0.25, 0.3) is 10.2 Å². The van der Waals surface area contributed by atoms with E-state index in [1.165, 1.54) is 19.2 Å². The lowest BCUT2D eigenvalue weighted by atomic mass is 10.0. The lowest BCUT2D eigenvalue weighted by molar-refractivity contribution is -0.274. The summed E-state index contributed by atoms with van der Waals surface area (Å²) in [7, 11) is 1.39. The van der Waals surface area contributed by atoms with E-state index in [1.54, 1.807) is 0 Å². The summed E-state index contributed by atoms with van der Waals surface area (Å²) in [5, 5.41) is 5.09. The minimum Gasteiger partial charge on any atom is -0.406 e. The molecule has 0 aliphatic rings. The van der Waals surface area contributed by atoms with Crippen LogP contribution >= 0.6 is 11.3 Å². The third kappa shape index (κ3) is 7.96. The second-order valence-corrected chi connectivity index (χ2v) is 8.48. The third-order valence-electron chi connectivity index (χ3n) is 4.12. The minimum absolute atomic E-state index is 0.156. The van der Waals surface area contributed by atoms with E-state index in [0.717, 1.165) is 22.3 Å². The van der Waals surface area contributed by atoms with Gasteiger partial charge in [-0.25, -0.2) is 4.98 Å². The molecule has 9 nitrogen and oxygen atoms in total. The number of benzene rings is 1. The molecule has 0 saturated heterocycles. The molecule has 1 heterocycles. The smallest absolute Gasteiger partial charge is 0.406 e. The van der Waals surface area contributed by atoms with Crippen LogP contribution < -0.4 is 21.1 Å². The van der Waals surface area contributed by atoms with Gasteiger partial charge in [-0.05, 0) is 24.5 Å². The SMILES string of the molecule is CC(C)C[C@H](N)C(=O)NCC(=O)N(C)CC(=O)Nc1nc2ccc(OC(F)(F)F)cc2s1. The van der Waals surface area contributed by atoms with E-state index in [1.807, 2.05) is 13.8 Å². The van der Waals surface area contributed by atoms with Gasteiger partial charge in [0, 0.05) is 13.1 Å². The molecule has 32 heavy (non-hydrogen) atoms. The molecular formula is C19H24F3N5O4S. The molecule has 0 unspecified atom stereocenters. The number of carbonyl (C=O) groups excluding carboxylic acids is 3. The number of nitrogens with two attached hydrogens (primary N) is 1. The van der Waals surface area contributed by atoms with Crippen molar-refractivity contribution in [2.75, 3.05) is 25.5 Å². The Labute approximate surface area is 186 Å². The molecule has 2 rings (SSSR count). The van der Waals surface area contributed by atoms with Gasteiger partial charge in [-0.3, -0.25) is 14.4 Å². The Morgan fingerprint density at radius 3 is 2.59 bits per heavy atom. The lowest BCUT2D eigenvalue weighted by Crippen LogP contribution is -2.46. The fourth-order valence-corrected chi connectivity index (χ4v) is 3.57. The van der Waals surface area contributed by atoms with E-state index in [9.17, 15) is 27.6 Å². The Kier molecular flexibility index (Phi) is 8.38. The first-order chi connectivity index (χ1) is 14.8. The van der Waals surface area contributed by atoms with Crippen molar-refractivity contribution in [3.05, 3.63) is 18.2 Å². The highest BCUT2D eigenvalue weighted by Crippen LogP contribution is 2.31. The number of halogens is 3. The van der Waals surface area contributed by atoms with Crippen molar-refractivity contribution in [3.8, 4) is 5.75 Å². The first-order valence-corrected chi connectivity index (χ1v) is 10.4. The van der Waals surface area contributed by atoms with E-state index in [2.05, 4.69) is 20.4 Å². The van der Waals surface area contributed by atoms with E-state index in [4.69, 9.17) is 5.73 Å². The van der Waals surface area contributed by atoms with Gasteiger partial charge in [0.05, 0.1) is 29.3 Å². The Bertz CT molecular complexity index is 980. The van der Waals surface area contributed by atoms with E-state index in [-0.39, 0.29) is 24.1 Å². The summed E-state index contributed by atoms with van der Waals surface area (Å²) in [6.45, 7) is 3.22. The molecule has 1 aromatic heterocycles. The van der Waals surface area contributed by atoms with Crippen molar-refractivity contribution in [1.29, 1.82) is 0 Å². The summed E-state index contributed by atoms with van der Waals surface area (Å²) in [4.78, 5) is 41.5. The predicted molar refractivity (Wildman–Crippen MR) is 113 cm³/mol. The number of amides is 3. The molecule has 0 fully saturated rings. The molecule has 0 aliphatic heterocycles. The molecule has 0 bridgehead atoms. The number of rotatable bonds is 9. The summed E-state index contributed by atoms with van der Waals surface area (Å²) in [6, 6.07) is 2.90. The molecule has 0 spiro atoms. The minimum atomic E-state index is -4.81. The number of nitrogens with zero attached hydrogens (tertiary/aromatic N) is 2. The highest BCUT2D eigenvalue weighted by atomic mass is 32.1. The molecule has 13 heteroatoms. The van der Waals surface area contributed by atoms with Crippen molar-refractivity contribution >= 4 is 44.4 Å². The predicted octanol–water partition coefficient (Wildman–Crippen LogP) is 2.08. The van der Waals surface area contributed by atoms with Gasteiger partial charge in [-0.2, -0.15) is 0 Å². The normalized spacial score (nSPS) is 12.5. The summed E-state index contributed by atoms with van der Waals surface area (Å²) < 4.78 is 41.3. The van der Waals surface area contributed by atoms with Gasteiger partial charge >= 0.3 is 6.36 Å². The number of thiazole rings is 1. The Morgan fingerprint density at radius 1 is 1.28 bits per heavy atom. The highest BCUT2D eigenvalue weighted by Gasteiger charge is 2.31. The summed E-state index contributed by atoms with van der Waals surface area (Å²) in [6.07, 6.45) is -4.34. The van der Waals surface area contributed by atoms with Gasteiger partial charge in [0.2, 0.25) is 17.7 Å². The average molecular weight is 475 g/mol. The molecule has 0 radical (unpaired) electrons. The van der Waals surface area contributed by atoms with Gasteiger partial charge in [-0.1, -0.05) is 25.2 Å². The number of nitrogens with one attached hydrogen (secondary N) is 2. The topological polar surface area (TPSA) is 127 Å². The number of anilines is 1. The first kappa shape index (κ1) is 25.3. The lowest BCUT2D eigenvalue weighted by Gasteiger charge is -2.18. The number of ether oxygens (including phenoxy) is 1. The standard InChI is InChI=1S/C19H24F3N5O4S/c1-10(2)6-12(23)17(30)24-8-16(29)27(3)9-15(28)26-18-25-13-5-4-11(7-14(13)32-18)31-19(20,21)22/h4-5,7,10,12H,6,8-9,23H2,1-3H3,(H,24,30)(H,25,26,28)/t12-/m0/s1. The monoisotopic (exact) mass is 475 g/mol. The highest BCUT2D eigenvalue weighted by molar-refractivity contribution is 7.22. The Hall–Kier alpha value is -2.93. The van der Waals surface area contributed by atoms with Gasteiger partial charge in [-0.15, -0.1) is 13.2 Å². The van der Waals surface area contributed by atoms with Crippen LogP contribution in [-0.2, 0) is 14.4 Å². The van der Waals surface area contributed by atoms with Crippen LogP contribution in [0.2, 0.25) is 0 Å². The zero-order chi connectivity index (χ0) is 24.1. The molecule has 4 N–H and O–H groups in total. The van der Waals surface area contributed by atoms with Crippen LogP contribution in [0, 0.1) is 5.92 Å². The Morgan fingerprint density at radius 2 is 1.97 bits per heavy atom. The number of hydrogen-bond donors (Lipinski definition) is 3. The zero-order valence-corrected chi connectivity index (χ0v) is 18.5. The van der Waals surface area contributed by atoms with Crippen molar-refractivity contribution in [1.82, 2.24) is 15.2 Å². The van der Waals surface area contributed by atoms with E-state index < -0.39 is 35.9 Å². The van der Waals surface area contributed by atoms with Crippen LogP contribution in [0.4, 0.5) is 18.3 Å². The number of carbonyl (C=O) groups is 3. The van der Waals surface area contributed by atoms with Gasteiger partial charge in [0.25, 0.3) is 0 Å². The molecule has 1 atom stereocenters. The number of hydrogen-bond acceptors (Lipinski definition) is 7. The van der Waals surface area contributed by atoms with Crippen LogP contribution in [0.1, 0.15) is 20.3 Å². The van der Waals surface area contributed by atoms with Gasteiger partial charge in [0.1, 0.15) is 5.75 Å². The quantitative estimate of drug-likeness (QED) is 0.510. The van der Waals surface area contributed by atoms with Gasteiger partial charge in [0.15, 0.2) is 5.13 Å². The molecule has 176 valence electrons. The molecule has 1 aromatic carbocycles. The van der Waals surface area contributed by atoms with Gasteiger partial charge < -0.3 is 26.0 Å². The van der Waals surface area contributed by atoms with Crippen LogP contribution in [-0.4, -0.2) is 60.1 Å². The summed E-state index contributed by atoms with van der Waals surface area (Å²) in [5.41, 5.74) is 6.13. The van der Waals surface area contributed by atoms with Crippen molar-refractivity contribution < 1.29 is 32.3 Å². The van der Waals surface area contributed by atoms with Crippen LogP contribution in [0.5, 0.6) is 5.75 Å². The fraction of sp³-hybridized carbons (Fsp3) is 0.474. The molecule has 0 saturated carbocycles. The second kappa shape index (κ2) is 10.6. The largest absolute Gasteiger partial charge is 0.573 e. The van der Waals surface area contributed by atoms with E-state index in [0.29, 0.717) is 16.6 Å². The maximum Gasteiger partial charge on any atom is 0.573 e. The van der Waals surface area contributed by atoms with Crippen LogP contribution in [0.3, 0.4) is 0 Å². The molecular weight excluding hydrogens is 451 g/mol. The number of likely N-dealkylation sites (N-methyl/N-ethyl adjacent to an activating group) is 1. The van der Waals surface area contributed by atoms with Crippen molar-refractivity contribution in [2.45, 2.75) is 32.7 Å². The maximum absolute atomic E-state index is 12.3. The number of alkyl halides is 3. The Balaban J connectivity index is 1.87. The third-order valence-corrected chi connectivity index (χ3v) is 5.06. The number of fused-ring (bicyclic) bond motifs is 1.